The predicted octanol–water partition coefficient (Wildman–Crippen LogP) is 4.06. The molecule has 0 atom stereocenters. The molecule has 1 N–H and O–H groups in total. The Balaban J connectivity index is 1.48. The van der Waals surface area contributed by atoms with Crippen molar-refractivity contribution in [2.75, 3.05) is 7.11 Å². The average Bonchev–Trinajstić information content (AvgIpc) is 3.39. The SMILES string of the molecule is COc1cccc(CNC(=O)Cn2cc(-c3nc(-c4ccccc4C)no3)c(=O)c3ccc(C)nc32)c1. The van der Waals surface area contributed by atoms with Crippen LogP contribution in [0.4, 0.5) is 0 Å². The standard InChI is InChI=1S/C28H25N5O4/c1-17-7-4-5-10-21(17)26-31-28(37-32-26)23-15-33(27-22(25(23)35)12-11-18(2)30-27)16-24(34)29-14-19-8-6-9-20(13-19)36-3/h4-13,15H,14,16H2,1-3H3,(H,29,34). The molecule has 5 aromatic rings. The van der Waals surface area contributed by atoms with Crippen molar-refractivity contribution in [1.82, 2.24) is 25.0 Å². The molecule has 2 aromatic carbocycles. The van der Waals surface area contributed by atoms with Gasteiger partial charge in [-0.2, -0.15) is 4.98 Å². The minimum atomic E-state index is -0.296. The van der Waals surface area contributed by atoms with Crippen LogP contribution in [0.1, 0.15) is 16.8 Å². The number of aromatic nitrogens is 4. The van der Waals surface area contributed by atoms with Crippen LogP contribution in [0.25, 0.3) is 33.9 Å². The van der Waals surface area contributed by atoms with Crippen LogP contribution in [0.3, 0.4) is 0 Å². The molecule has 0 saturated heterocycles. The molecule has 0 spiro atoms. The summed E-state index contributed by atoms with van der Waals surface area (Å²) in [5.74, 6) is 0.939. The van der Waals surface area contributed by atoms with Crippen molar-refractivity contribution in [3.8, 4) is 28.6 Å². The Labute approximate surface area is 212 Å². The van der Waals surface area contributed by atoms with Gasteiger partial charge in [0, 0.05) is 24.0 Å². The summed E-state index contributed by atoms with van der Waals surface area (Å²) in [5.41, 5.74) is 3.74. The van der Waals surface area contributed by atoms with Crippen molar-refractivity contribution in [3.63, 3.8) is 0 Å². The van der Waals surface area contributed by atoms with Gasteiger partial charge in [-0.25, -0.2) is 4.98 Å². The van der Waals surface area contributed by atoms with Crippen LogP contribution in [0.5, 0.6) is 5.75 Å². The first-order chi connectivity index (χ1) is 17.9. The van der Waals surface area contributed by atoms with E-state index >= 15 is 0 Å². The van der Waals surface area contributed by atoms with Gasteiger partial charge < -0.3 is 19.1 Å². The lowest BCUT2D eigenvalue weighted by atomic mass is 10.1. The zero-order chi connectivity index (χ0) is 25.9. The van der Waals surface area contributed by atoms with Crippen molar-refractivity contribution >= 4 is 16.9 Å². The number of nitrogens with zero attached hydrogens (tertiary/aromatic N) is 4. The molecule has 3 heterocycles. The maximum absolute atomic E-state index is 13.4. The Bertz CT molecular complexity index is 1670. The number of aryl methyl sites for hydroxylation is 2. The topological polar surface area (TPSA) is 112 Å². The highest BCUT2D eigenvalue weighted by Gasteiger charge is 2.19. The molecule has 0 fully saturated rings. The third-order valence-electron chi connectivity index (χ3n) is 6.04. The van der Waals surface area contributed by atoms with Crippen LogP contribution < -0.4 is 15.5 Å². The first-order valence-corrected chi connectivity index (χ1v) is 11.7. The van der Waals surface area contributed by atoms with Gasteiger partial charge in [-0.3, -0.25) is 9.59 Å². The second-order valence-corrected chi connectivity index (χ2v) is 8.69. The average molecular weight is 496 g/mol. The Kier molecular flexibility index (Phi) is 6.51. The number of carbonyl (C=O) groups excluding carboxylic acids is 1. The molecule has 0 saturated carbocycles. The fourth-order valence-electron chi connectivity index (χ4n) is 4.09. The van der Waals surface area contributed by atoms with Gasteiger partial charge in [-0.1, -0.05) is 41.6 Å². The molecule has 9 heteroatoms. The summed E-state index contributed by atoms with van der Waals surface area (Å²) in [7, 11) is 1.60. The highest BCUT2D eigenvalue weighted by molar-refractivity contribution is 5.83. The summed E-state index contributed by atoms with van der Waals surface area (Å²) < 4.78 is 12.4. The molecule has 0 unspecified atom stereocenters. The van der Waals surface area contributed by atoms with Crippen LogP contribution in [-0.4, -0.2) is 32.7 Å². The monoisotopic (exact) mass is 495 g/mol. The Morgan fingerprint density at radius 2 is 1.86 bits per heavy atom. The van der Waals surface area contributed by atoms with E-state index in [1.165, 1.54) is 0 Å². The maximum atomic E-state index is 13.4. The van der Waals surface area contributed by atoms with E-state index in [0.29, 0.717) is 29.2 Å². The molecule has 5 rings (SSSR count). The molecule has 1 amide bonds. The van der Waals surface area contributed by atoms with Gasteiger partial charge in [0.2, 0.25) is 17.2 Å². The number of amides is 1. The highest BCUT2D eigenvalue weighted by Crippen LogP contribution is 2.24. The minimum absolute atomic E-state index is 0.0526. The molecular weight excluding hydrogens is 470 g/mol. The number of nitrogens with one attached hydrogen (secondary N) is 1. The number of fused-ring (bicyclic) bond motifs is 1. The van der Waals surface area contributed by atoms with Gasteiger partial charge in [0.25, 0.3) is 5.89 Å². The van der Waals surface area contributed by atoms with Crippen LogP contribution in [-0.2, 0) is 17.9 Å². The van der Waals surface area contributed by atoms with Gasteiger partial charge >= 0.3 is 0 Å². The second-order valence-electron chi connectivity index (χ2n) is 8.69. The van der Waals surface area contributed by atoms with Crippen LogP contribution in [0, 0.1) is 13.8 Å². The van der Waals surface area contributed by atoms with E-state index in [9.17, 15) is 9.59 Å². The van der Waals surface area contributed by atoms with E-state index < -0.39 is 0 Å². The van der Waals surface area contributed by atoms with E-state index in [4.69, 9.17) is 9.26 Å². The number of hydrogen-bond donors (Lipinski definition) is 1. The third-order valence-corrected chi connectivity index (χ3v) is 6.04. The summed E-state index contributed by atoms with van der Waals surface area (Å²) in [5, 5.41) is 7.36. The lowest BCUT2D eigenvalue weighted by Gasteiger charge is -2.13. The first kappa shape index (κ1) is 23.9. The number of hydrogen-bond acceptors (Lipinski definition) is 7. The number of rotatable bonds is 7. The van der Waals surface area contributed by atoms with Crippen LogP contribution in [0.2, 0.25) is 0 Å². The smallest absolute Gasteiger partial charge is 0.263 e. The summed E-state index contributed by atoms with van der Waals surface area (Å²) in [6, 6.07) is 18.6. The number of ether oxygens (including phenoxy) is 1. The molecule has 0 aliphatic carbocycles. The minimum Gasteiger partial charge on any atom is -0.497 e. The summed E-state index contributed by atoms with van der Waals surface area (Å²) >= 11 is 0. The van der Waals surface area contributed by atoms with E-state index in [1.807, 2.05) is 62.4 Å². The molecule has 9 nitrogen and oxygen atoms in total. The van der Waals surface area contributed by atoms with Gasteiger partial charge in [-0.15, -0.1) is 0 Å². The predicted molar refractivity (Wildman–Crippen MR) is 139 cm³/mol. The number of methoxy groups -OCH3 is 1. The molecule has 0 aliphatic rings. The number of pyridine rings is 2. The van der Waals surface area contributed by atoms with E-state index in [-0.39, 0.29) is 29.3 Å². The fraction of sp³-hybridized carbons (Fsp3) is 0.179. The zero-order valence-corrected chi connectivity index (χ0v) is 20.7. The summed E-state index contributed by atoms with van der Waals surface area (Å²) in [6.45, 7) is 4.06. The zero-order valence-electron chi connectivity index (χ0n) is 20.7. The highest BCUT2D eigenvalue weighted by atomic mass is 16.5. The van der Waals surface area contributed by atoms with E-state index in [2.05, 4.69) is 20.4 Å². The lowest BCUT2D eigenvalue weighted by Crippen LogP contribution is -2.28. The molecule has 3 aromatic heterocycles. The quantitative estimate of drug-likeness (QED) is 0.362. The normalized spacial score (nSPS) is 11.0. The summed E-state index contributed by atoms with van der Waals surface area (Å²) in [6.07, 6.45) is 1.55. The molecule has 37 heavy (non-hydrogen) atoms. The van der Waals surface area contributed by atoms with Crippen LogP contribution in [0.15, 0.2) is 76.2 Å². The third kappa shape index (κ3) is 4.97. The fourth-order valence-corrected chi connectivity index (χ4v) is 4.09. The maximum Gasteiger partial charge on any atom is 0.263 e. The van der Waals surface area contributed by atoms with Crippen molar-refractivity contribution in [1.29, 1.82) is 0 Å². The van der Waals surface area contributed by atoms with Crippen molar-refractivity contribution in [3.05, 3.63) is 93.9 Å². The van der Waals surface area contributed by atoms with Crippen molar-refractivity contribution in [2.45, 2.75) is 26.9 Å². The van der Waals surface area contributed by atoms with Gasteiger partial charge in [0.1, 0.15) is 23.5 Å². The number of benzene rings is 2. The van der Waals surface area contributed by atoms with E-state index in [0.717, 1.165) is 22.4 Å². The first-order valence-electron chi connectivity index (χ1n) is 11.7. The van der Waals surface area contributed by atoms with Crippen molar-refractivity contribution in [2.24, 2.45) is 0 Å². The molecule has 0 radical (unpaired) electrons. The molecular formula is C28H25N5O4. The van der Waals surface area contributed by atoms with Crippen molar-refractivity contribution < 1.29 is 14.1 Å². The molecule has 186 valence electrons. The largest absolute Gasteiger partial charge is 0.497 e. The van der Waals surface area contributed by atoms with Gasteiger partial charge in [-0.05, 0) is 49.2 Å². The lowest BCUT2D eigenvalue weighted by molar-refractivity contribution is -0.121. The van der Waals surface area contributed by atoms with Gasteiger partial charge in [0.15, 0.2) is 0 Å². The Hall–Kier alpha value is -4.79. The molecule has 0 aliphatic heterocycles. The van der Waals surface area contributed by atoms with E-state index in [1.54, 1.807) is 30.0 Å². The molecule has 0 bridgehead atoms. The summed E-state index contributed by atoms with van der Waals surface area (Å²) in [4.78, 5) is 35.3. The Morgan fingerprint density at radius 3 is 2.68 bits per heavy atom. The number of carbonyl (C=O) groups is 1. The van der Waals surface area contributed by atoms with Gasteiger partial charge in [0.05, 0.1) is 12.5 Å². The Morgan fingerprint density at radius 1 is 1.03 bits per heavy atom. The second kappa shape index (κ2) is 10.1. The van der Waals surface area contributed by atoms with Crippen LogP contribution >= 0.6 is 0 Å².